The van der Waals surface area contributed by atoms with Gasteiger partial charge in [-0.3, -0.25) is 14.5 Å². The Hall–Kier alpha value is -2.67. The summed E-state index contributed by atoms with van der Waals surface area (Å²) in [7, 11) is 0. The van der Waals surface area contributed by atoms with Crippen LogP contribution in [0.15, 0.2) is 30.3 Å². The van der Waals surface area contributed by atoms with Crippen LogP contribution in [0.5, 0.6) is 0 Å². The third kappa shape index (κ3) is 5.21. The van der Waals surface area contributed by atoms with Crippen molar-refractivity contribution < 1.29 is 9.59 Å². The lowest BCUT2D eigenvalue weighted by Crippen LogP contribution is -2.53. The lowest BCUT2D eigenvalue weighted by atomic mass is 10.1. The van der Waals surface area contributed by atoms with Gasteiger partial charge in [-0.2, -0.15) is 0 Å². The van der Waals surface area contributed by atoms with E-state index in [1.807, 2.05) is 43.9 Å². The van der Waals surface area contributed by atoms with E-state index in [0.717, 1.165) is 42.9 Å². The van der Waals surface area contributed by atoms with Crippen LogP contribution in [0.1, 0.15) is 56.2 Å². The SMILES string of the molecule is CC(C)(C)NC(=O)CN1CCN(C(=O)c2nc(-c3ccccc3)n3c2CCCCC3)CC1. The highest BCUT2D eigenvalue weighted by molar-refractivity contribution is 5.94. The number of piperazine rings is 1. The zero-order valence-corrected chi connectivity index (χ0v) is 19.6. The molecular formula is C25H35N5O2. The maximum atomic E-state index is 13.5. The molecule has 7 nitrogen and oxygen atoms in total. The summed E-state index contributed by atoms with van der Waals surface area (Å²) in [5.41, 5.74) is 2.52. The fourth-order valence-electron chi connectivity index (χ4n) is 4.62. The van der Waals surface area contributed by atoms with Gasteiger partial charge in [0.05, 0.1) is 12.2 Å². The van der Waals surface area contributed by atoms with Crippen LogP contribution in [-0.4, -0.2) is 69.4 Å². The Morgan fingerprint density at radius 1 is 0.969 bits per heavy atom. The Morgan fingerprint density at radius 3 is 2.38 bits per heavy atom. The average molecular weight is 438 g/mol. The standard InChI is InChI=1S/C25H35N5O2/c1-25(2,3)27-21(31)18-28-14-16-29(17-15-28)24(32)22-20-12-8-5-9-13-30(20)23(26-22)19-10-6-4-7-11-19/h4,6-7,10-11H,5,8-9,12-18H2,1-3H3,(H,27,31). The summed E-state index contributed by atoms with van der Waals surface area (Å²) in [5.74, 6) is 0.962. The average Bonchev–Trinajstić information content (AvgIpc) is 2.94. The first-order valence-corrected chi connectivity index (χ1v) is 11.8. The van der Waals surface area contributed by atoms with Gasteiger partial charge >= 0.3 is 0 Å². The summed E-state index contributed by atoms with van der Waals surface area (Å²) in [6, 6.07) is 10.2. The van der Waals surface area contributed by atoms with E-state index in [-0.39, 0.29) is 17.4 Å². The number of carbonyl (C=O) groups is 2. The molecule has 0 radical (unpaired) electrons. The van der Waals surface area contributed by atoms with Crippen LogP contribution in [0.25, 0.3) is 11.4 Å². The molecule has 172 valence electrons. The monoisotopic (exact) mass is 437 g/mol. The zero-order chi connectivity index (χ0) is 22.7. The third-order valence-electron chi connectivity index (χ3n) is 6.14. The van der Waals surface area contributed by atoms with Crippen LogP contribution >= 0.6 is 0 Å². The van der Waals surface area contributed by atoms with Gasteiger partial charge in [0.2, 0.25) is 5.91 Å². The van der Waals surface area contributed by atoms with Crippen molar-refractivity contribution in [3.63, 3.8) is 0 Å². The molecular weight excluding hydrogens is 402 g/mol. The minimum atomic E-state index is -0.232. The number of imidazole rings is 1. The van der Waals surface area contributed by atoms with Crippen LogP contribution in [-0.2, 0) is 17.8 Å². The topological polar surface area (TPSA) is 70.5 Å². The smallest absolute Gasteiger partial charge is 0.274 e. The van der Waals surface area contributed by atoms with Crippen LogP contribution < -0.4 is 5.32 Å². The van der Waals surface area contributed by atoms with Crippen molar-refractivity contribution in [2.45, 2.75) is 58.5 Å². The Bertz CT molecular complexity index is 953. The minimum Gasteiger partial charge on any atom is -0.350 e. The van der Waals surface area contributed by atoms with Crippen molar-refractivity contribution in [2.75, 3.05) is 32.7 Å². The maximum Gasteiger partial charge on any atom is 0.274 e. The van der Waals surface area contributed by atoms with E-state index in [1.54, 1.807) is 0 Å². The van der Waals surface area contributed by atoms with Gasteiger partial charge in [0.1, 0.15) is 11.5 Å². The second kappa shape index (κ2) is 9.45. The molecule has 0 atom stereocenters. The molecule has 1 aromatic carbocycles. The number of nitrogens with zero attached hydrogens (tertiary/aromatic N) is 4. The number of rotatable bonds is 4. The fraction of sp³-hybridized carbons (Fsp3) is 0.560. The van der Waals surface area contributed by atoms with Gasteiger partial charge in [-0.05, 0) is 40.0 Å². The lowest BCUT2D eigenvalue weighted by Gasteiger charge is -2.34. The van der Waals surface area contributed by atoms with Gasteiger partial charge in [0.25, 0.3) is 5.91 Å². The summed E-state index contributed by atoms with van der Waals surface area (Å²) in [5, 5.41) is 3.01. The first-order chi connectivity index (χ1) is 15.3. The fourth-order valence-corrected chi connectivity index (χ4v) is 4.62. The maximum absolute atomic E-state index is 13.5. The van der Waals surface area contributed by atoms with Crippen molar-refractivity contribution in [3.05, 3.63) is 41.7 Å². The Labute approximate surface area is 190 Å². The van der Waals surface area contributed by atoms with E-state index in [2.05, 4.69) is 26.9 Å². The van der Waals surface area contributed by atoms with Gasteiger partial charge in [0.15, 0.2) is 0 Å². The van der Waals surface area contributed by atoms with Gasteiger partial charge in [0, 0.05) is 43.8 Å². The highest BCUT2D eigenvalue weighted by atomic mass is 16.2. The second-order valence-corrected chi connectivity index (χ2v) is 9.93. The summed E-state index contributed by atoms with van der Waals surface area (Å²) in [6.07, 6.45) is 4.29. The van der Waals surface area contributed by atoms with Gasteiger partial charge in [-0.25, -0.2) is 4.98 Å². The molecule has 1 N–H and O–H groups in total. The van der Waals surface area contributed by atoms with Crippen molar-refractivity contribution >= 4 is 11.8 Å². The molecule has 2 aliphatic rings. The number of hydrogen-bond donors (Lipinski definition) is 1. The zero-order valence-electron chi connectivity index (χ0n) is 19.6. The highest BCUT2D eigenvalue weighted by Gasteiger charge is 2.30. The molecule has 0 bridgehead atoms. The molecule has 7 heteroatoms. The molecule has 1 aromatic heterocycles. The molecule has 1 saturated heterocycles. The van der Waals surface area contributed by atoms with E-state index in [1.165, 1.54) is 6.42 Å². The molecule has 0 saturated carbocycles. The molecule has 4 rings (SSSR count). The predicted octanol–water partition coefficient (Wildman–Crippen LogP) is 2.95. The summed E-state index contributed by atoms with van der Waals surface area (Å²) >= 11 is 0. The van der Waals surface area contributed by atoms with Crippen LogP contribution in [0.2, 0.25) is 0 Å². The number of amides is 2. The van der Waals surface area contributed by atoms with E-state index >= 15 is 0 Å². The molecule has 3 heterocycles. The summed E-state index contributed by atoms with van der Waals surface area (Å²) in [4.78, 5) is 34.6. The third-order valence-corrected chi connectivity index (χ3v) is 6.14. The predicted molar refractivity (Wildman–Crippen MR) is 125 cm³/mol. The lowest BCUT2D eigenvalue weighted by molar-refractivity contribution is -0.124. The summed E-state index contributed by atoms with van der Waals surface area (Å²) < 4.78 is 2.27. The van der Waals surface area contributed by atoms with Gasteiger partial charge in [-0.15, -0.1) is 0 Å². The number of fused-ring (bicyclic) bond motifs is 1. The van der Waals surface area contributed by atoms with Crippen LogP contribution in [0.3, 0.4) is 0 Å². The molecule has 2 aliphatic heterocycles. The summed E-state index contributed by atoms with van der Waals surface area (Å²) in [6.45, 7) is 9.88. The number of hydrogen-bond acceptors (Lipinski definition) is 4. The minimum absolute atomic E-state index is 0.0247. The molecule has 0 unspecified atom stereocenters. The first kappa shape index (κ1) is 22.5. The second-order valence-electron chi connectivity index (χ2n) is 9.93. The van der Waals surface area contributed by atoms with E-state index in [9.17, 15) is 9.59 Å². The molecule has 2 amide bonds. The van der Waals surface area contributed by atoms with Gasteiger partial charge in [-0.1, -0.05) is 36.8 Å². The first-order valence-electron chi connectivity index (χ1n) is 11.8. The Kier molecular flexibility index (Phi) is 6.65. The normalized spacial score (nSPS) is 17.5. The molecule has 0 aliphatic carbocycles. The molecule has 2 aromatic rings. The van der Waals surface area contributed by atoms with Crippen molar-refractivity contribution in [3.8, 4) is 11.4 Å². The highest BCUT2D eigenvalue weighted by Crippen LogP contribution is 2.28. The van der Waals surface area contributed by atoms with E-state index < -0.39 is 0 Å². The molecule has 32 heavy (non-hydrogen) atoms. The van der Waals surface area contributed by atoms with Crippen molar-refractivity contribution in [1.29, 1.82) is 0 Å². The quantitative estimate of drug-likeness (QED) is 0.798. The largest absolute Gasteiger partial charge is 0.350 e. The molecule has 0 spiro atoms. The number of nitrogens with one attached hydrogen (secondary N) is 1. The van der Waals surface area contributed by atoms with Crippen molar-refractivity contribution in [1.82, 2.24) is 24.7 Å². The Balaban J connectivity index is 1.47. The number of benzene rings is 1. The van der Waals surface area contributed by atoms with E-state index in [0.29, 0.717) is 38.4 Å². The van der Waals surface area contributed by atoms with E-state index in [4.69, 9.17) is 4.98 Å². The van der Waals surface area contributed by atoms with Gasteiger partial charge < -0.3 is 14.8 Å². The number of carbonyl (C=O) groups excluding carboxylic acids is 2. The number of aromatic nitrogens is 2. The van der Waals surface area contributed by atoms with Crippen LogP contribution in [0, 0.1) is 0 Å². The Morgan fingerprint density at radius 2 is 1.69 bits per heavy atom. The van der Waals surface area contributed by atoms with Crippen molar-refractivity contribution in [2.24, 2.45) is 0 Å². The van der Waals surface area contributed by atoms with Crippen LogP contribution in [0.4, 0.5) is 0 Å². The molecule has 1 fully saturated rings.